The van der Waals surface area contributed by atoms with Gasteiger partial charge in [0.2, 0.25) is 0 Å². The number of likely N-dealkylation sites (tertiary alicyclic amines) is 1. The number of carbonyl (C=O) groups is 1. The number of nitrogens with one attached hydrogen (secondary N) is 1. The zero-order chi connectivity index (χ0) is 17.2. The van der Waals surface area contributed by atoms with Crippen molar-refractivity contribution in [2.45, 2.75) is 45.4 Å². The lowest BCUT2D eigenvalue weighted by atomic mass is 9.90. The first-order valence-electron chi connectivity index (χ1n) is 8.88. The number of ether oxygens (including phenoxy) is 2. The minimum atomic E-state index is -0.540. The first-order chi connectivity index (χ1) is 11.5. The summed E-state index contributed by atoms with van der Waals surface area (Å²) in [5.74, 6) is -0.309. The third-order valence-electron chi connectivity index (χ3n) is 5.23. The van der Waals surface area contributed by atoms with Crippen molar-refractivity contribution in [2.24, 2.45) is 5.92 Å². The maximum atomic E-state index is 12.6. The van der Waals surface area contributed by atoms with Gasteiger partial charge in [0.25, 0.3) is 0 Å². The summed E-state index contributed by atoms with van der Waals surface area (Å²) in [6.45, 7) is 8.85. The van der Waals surface area contributed by atoms with Crippen molar-refractivity contribution in [3.63, 3.8) is 0 Å². The van der Waals surface area contributed by atoms with Gasteiger partial charge in [-0.25, -0.2) is 4.79 Å². The Morgan fingerprint density at radius 1 is 1.29 bits per heavy atom. The van der Waals surface area contributed by atoms with E-state index in [1.165, 1.54) is 5.56 Å². The molecule has 132 valence electrons. The van der Waals surface area contributed by atoms with E-state index in [9.17, 15) is 4.79 Å². The lowest BCUT2D eigenvalue weighted by Crippen LogP contribution is -2.51. The van der Waals surface area contributed by atoms with Gasteiger partial charge < -0.3 is 19.7 Å². The van der Waals surface area contributed by atoms with Gasteiger partial charge >= 0.3 is 6.03 Å². The van der Waals surface area contributed by atoms with E-state index in [0.717, 1.165) is 24.9 Å². The van der Waals surface area contributed by atoms with Gasteiger partial charge in [0, 0.05) is 19.0 Å². The summed E-state index contributed by atoms with van der Waals surface area (Å²) in [6.07, 6.45) is 2.02. The molecule has 0 unspecified atom stereocenters. The molecule has 5 heteroatoms. The molecule has 1 aromatic rings. The van der Waals surface area contributed by atoms with Crippen LogP contribution in [0.4, 0.5) is 4.79 Å². The molecule has 0 aromatic heterocycles. The highest BCUT2D eigenvalue weighted by atomic mass is 16.7. The number of benzene rings is 1. The molecule has 2 fully saturated rings. The van der Waals surface area contributed by atoms with E-state index in [-0.39, 0.29) is 18.0 Å². The maximum absolute atomic E-state index is 12.6. The number of hydrogen-bond donors (Lipinski definition) is 1. The Bertz CT molecular complexity index is 566. The molecule has 1 N–H and O–H groups in total. The van der Waals surface area contributed by atoms with E-state index in [0.29, 0.717) is 19.8 Å². The van der Waals surface area contributed by atoms with Gasteiger partial charge in [-0.1, -0.05) is 29.8 Å². The Labute approximate surface area is 144 Å². The summed E-state index contributed by atoms with van der Waals surface area (Å²) >= 11 is 0. The molecule has 2 heterocycles. The minimum Gasteiger partial charge on any atom is -0.347 e. The Morgan fingerprint density at radius 3 is 2.62 bits per heavy atom. The average molecular weight is 332 g/mol. The number of piperidine rings is 1. The van der Waals surface area contributed by atoms with Crippen LogP contribution in [-0.2, 0) is 9.47 Å². The fourth-order valence-electron chi connectivity index (χ4n) is 3.57. The van der Waals surface area contributed by atoms with Crippen molar-refractivity contribution in [1.82, 2.24) is 10.2 Å². The molecule has 2 saturated heterocycles. The second-order valence-corrected chi connectivity index (χ2v) is 7.08. The topological polar surface area (TPSA) is 50.8 Å². The summed E-state index contributed by atoms with van der Waals surface area (Å²) in [4.78, 5) is 14.5. The highest BCUT2D eigenvalue weighted by molar-refractivity contribution is 5.74. The quantitative estimate of drug-likeness (QED) is 0.924. The standard InChI is InChI=1S/C19H28N2O3/c1-14-6-8-16(9-7-14)15(2)20-18(22)21-10-4-5-17(13-21)19(3)23-11-12-24-19/h6-9,15,17H,4-5,10-13H2,1-3H3,(H,20,22)/t15-,17+/m0/s1. The second-order valence-electron chi connectivity index (χ2n) is 7.08. The Hall–Kier alpha value is -1.59. The van der Waals surface area contributed by atoms with Crippen molar-refractivity contribution in [3.8, 4) is 0 Å². The number of rotatable bonds is 3. The Balaban J connectivity index is 1.59. The Kier molecular flexibility index (Phi) is 5.11. The number of urea groups is 1. The van der Waals surface area contributed by atoms with Gasteiger partial charge in [-0.3, -0.25) is 0 Å². The molecule has 1 aromatic carbocycles. The highest BCUT2D eigenvalue weighted by Gasteiger charge is 2.42. The summed E-state index contributed by atoms with van der Waals surface area (Å²) in [7, 11) is 0. The van der Waals surface area contributed by atoms with Gasteiger partial charge in [0.15, 0.2) is 5.79 Å². The SMILES string of the molecule is Cc1ccc([C@H](C)NC(=O)N2CCC[C@@H](C3(C)OCCO3)C2)cc1. The van der Waals surface area contributed by atoms with Crippen LogP contribution in [0.1, 0.15) is 43.9 Å². The lowest BCUT2D eigenvalue weighted by molar-refractivity contribution is -0.189. The smallest absolute Gasteiger partial charge is 0.317 e. The largest absolute Gasteiger partial charge is 0.347 e. The predicted octanol–water partition coefficient (Wildman–Crippen LogP) is 3.24. The van der Waals surface area contributed by atoms with Crippen LogP contribution >= 0.6 is 0 Å². The molecule has 2 aliphatic heterocycles. The van der Waals surface area contributed by atoms with Crippen LogP contribution in [0.3, 0.4) is 0 Å². The minimum absolute atomic E-state index is 0.00521. The maximum Gasteiger partial charge on any atom is 0.317 e. The molecule has 0 bridgehead atoms. The molecular weight excluding hydrogens is 304 g/mol. The van der Waals surface area contributed by atoms with Gasteiger partial charge in [0.1, 0.15) is 0 Å². The van der Waals surface area contributed by atoms with E-state index in [1.54, 1.807) is 0 Å². The summed E-state index contributed by atoms with van der Waals surface area (Å²) in [6, 6.07) is 8.28. The monoisotopic (exact) mass is 332 g/mol. The van der Waals surface area contributed by atoms with Crippen LogP contribution in [0.2, 0.25) is 0 Å². The van der Waals surface area contributed by atoms with Crippen LogP contribution in [-0.4, -0.2) is 43.0 Å². The van der Waals surface area contributed by atoms with Crippen LogP contribution in [0.25, 0.3) is 0 Å². The molecule has 2 aliphatic rings. The molecule has 3 rings (SSSR count). The third kappa shape index (κ3) is 3.73. The van der Waals surface area contributed by atoms with Gasteiger partial charge in [-0.15, -0.1) is 0 Å². The third-order valence-corrected chi connectivity index (χ3v) is 5.23. The summed E-state index contributed by atoms with van der Waals surface area (Å²) in [5.41, 5.74) is 2.35. The summed E-state index contributed by atoms with van der Waals surface area (Å²) < 4.78 is 11.6. The molecule has 2 amide bonds. The molecular formula is C19H28N2O3. The zero-order valence-electron chi connectivity index (χ0n) is 14.9. The van der Waals surface area contributed by atoms with E-state index in [1.807, 2.05) is 18.7 Å². The molecule has 0 aliphatic carbocycles. The van der Waals surface area contributed by atoms with Crippen molar-refractivity contribution in [3.05, 3.63) is 35.4 Å². The van der Waals surface area contributed by atoms with E-state index >= 15 is 0 Å². The van der Waals surface area contributed by atoms with Gasteiger partial charge in [0.05, 0.1) is 19.3 Å². The number of amides is 2. The number of hydrogen-bond acceptors (Lipinski definition) is 3. The lowest BCUT2D eigenvalue weighted by Gasteiger charge is -2.40. The first-order valence-corrected chi connectivity index (χ1v) is 8.88. The number of aryl methyl sites for hydroxylation is 1. The van der Waals surface area contributed by atoms with E-state index in [2.05, 4.69) is 36.5 Å². The van der Waals surface area contributed by atoms with Crippen LogP contribution in [0.5, 0.6) is 0 Å². The summed E-state index contributed by atoms with van der Waals surface area (Å²) in [5, 5.41) is 3.11. The fourth-order valence-corrected chi connectivity index (χ4v) is 3.57. The van der Waals surface area contributed by atoms with E-state index < -0.39 is 5.79 Å². The van der Waals surface area contributed by atoms with Gasteiger partial charge in [-0.05, 0) is 39.2 Å². The molecule has 0 spiro atoms. The normalized spacial score (nSPS) is 24.6. The Morgan fingerprint density at radius 2 is 1.96 bits per heavy atom. The van der Waals surface area contributed by atoms with E-state index in [4.69, 9.17) is 9.47 Å². The van der Waals surface area contributed by atoms with Crippen LogP contribution in [0.15, 0.2) is 24.3 Å². The van der Waals surface area contributed by atoms with Crippen molar-refractivity contribution >= 4 is 6.03 Å². The van der Waals surface area contributed by atoms with Gasteiger partial charge in [-0.2, -0.15) is 0 Å². The molecule has 0 saturated carbocycles. The zero-order valence-corrected chi connectivity index (χ0v) is 14.9. The van der Waals surface area contributed by atoms with Crippen LogP contribution in [0, 0.1) is 12.8 Å². The van der Waals surface area contributed by atoms with Crippen molar-refractivity contribution in [2.75, 3.05) is 26.3 Å². The highest BCUT2D eigenvalue weighted by Crippen LogP contribution is 2.34. The number of nitrogens with zero attached hydrogens (tertiary/aromatic N) is 1. The first kappa shape index (κ1) is 17.2. The van der Waals surface area contributed by atoms with Crippen LogP contribution < -0.4 is 5.32 Å². The second kappa shape index (κ2) is 7.11. The van der Waals surface area contributed by atoms with Crippen molar-refractivity contribution < 1.29 is 14.3 Å². The average Bonchev–Trinajstić information content (AvgIpc) is 3.03. The molecule has 2 atom stereocenters. The fraction of sp³-hybridized carbons (Fsp3) is 0.632. The molecule has 5 nitrogen and oxygen atoms in total. The molecule has 0 radical (unpaired) electrons. The predicted molar refractivity (Wildman–Crippen MR) is 92.7 cm³/mol. The molecule has 24 heavy (non-hydrogen) atoms. The number of carbonyl (C=O) groups excluding carboxylic acids is 1. The van der Waals surface area contributed by atoms with Crippen molar-refractivity contribution in [1.29, 1.82) is 0 Å².